The van der Waals surface area contributed by atoms with Crippen molar-refractivity contribution in [1.29, 1.82) is 0 Å². The zero-order valence-electron chi connectivity index (χ0n) is 21.9. The maximum Gasteiger partial charge on any atom is 0.177 e. The molecule has 0 bridgehead atoms. The molecule has 9 nitrogen and oxygen atoms in total. The van der Waals surface area contributed by atoms with Crippen molar-refractivity contribution in [2.24, 2.45) is 12.0 Å². The standard InChI is InChI=1S/C28H30N6O3S/c1-17-9-25-28(29-17)26(14-21(30-25)11-19-12-22-16-37-8-7-34(22)15-19)31-23-6-5-20(13-27(23)38(4,35)36)24-10-18(2)33(3)32-24/h5-6,10,12-15H,7-9,11,16H2,1-4H3,(H,30,31). The van der Waals surface area contributed by atoms with Gasteiger partial charge in [0.15, 0.2) is 9.84 Å². The molecule has 1 N–H and O–H groups in total. The molecular weight excluding hydrogens is 500 g/mol. The molecule has 10 heteroatoms. The van der Waals surface area contributed by atoms with Crippen LogP contribution in [0.4, 0.5) is 17.1 Å². The molecule has 0 aliphatic carbocycles. The molecule has 1 aromatic carbocycles. The van der Waals surface area contributed by atoms with Gasteiger partial charge in [-0.1, -0.05) is 6.07 Å². The Morgan fingerprint density at radius 3 is 2.68 bits per heavy atom. The maximum atomic E-state index is 12.9. The predicted molar refractivity (Wildman–Crippen MR) is 147 cm³/mol. The van der Waals surface area contributed by atoms with Crippen molar-refractivity contribution in [1.82, 2.24) is 19.3 Å². The third kappa shape index (κ3) is 4.65. The van der Waals surface area contributed by atoms with E-state index in [1.54, 1.807) is 16.8 Å². The molecule has 2 aliphatic rings. The van der Waals surface area contributed by atoms with Gasteiger partial charge in [-0.25, -0.2) is 8.42 Å². The van der Waals surface area contributed by atoms with E-state index in [9.17, 15) is 8.42 Å². The number of rotatable bonds is 6. The number of pyridine rings is 1. The van der Waals surface area contributed by atoms with Crippen LogP contribution < -0.4 is 5.32 Å². The summed E-state index contributed by atoms with van der Waals surface area (Å²) in [5.74, 6) is 0. The smallest absolute Gasteiger partial charge is 0.177 e. The number of anilines is 2. The number of aliphatic imine (C=N–C) groups is 1. The average molecular weight is 531 g/mol. The molecule has 0 saturated carbocycles. The van der Waals surface area contributed by atoms with Crippen LogP contribution in [0.25, 0.3) is 11.3 Å². The highest BCUT2D eigenvalue weighted by Gasteiger charge is 2.22. The Hall–Kier alpha value is -3.76. The maximum absolute atomic E-state index is 12.9. The van der Waals surface area contributed by atoms with Crippen LogP contribution in [-0.2, 0) is 47.6 Å². The first kappa shape index (κ1) is 24.6. The minimum absolute atomic E-state index is 0.212. The van der Waals surface area contributed by atoms with E-state index in [2.05, 4.69) is 27.2 Å². The molecule has 5 heterocycles. The van der Waals surface area contributed by atoms with Crippen LogP contribution in [-0.4, -0.2) is 46.3 Å². The van der Waals surface area contributed by atoms with Gasteiger partial charge < -0.3 is 14.6 Å². The van der Waals surface area contributed by atoms with Crippen LogP contribution in [0, 0.1) is 6.92 Å². The molecule has 6 rings (SSSR count). The quantitative estimate of drug-likeness (QED) is 0.394. The first-order chi connectivity index (χ1) is 18.1. The van der Waals surface area contributed by atoms with Crippen LogP contribution in [0.2, 0.25) is 0 Å². The Kier molecular flexibility index (Phi) is 5.96. The van der Waals surface area contributed by atoms with Crippen molar-refractivity contribution < 1.29 is 13.2 Å². The van der Waals surface area contributed by atoms with Gasteiger partial charge in [-0.2, -0.15) is 5.10 Å². The predicted octanol–water partition coefficient (Wildman–Crippen LogP) is 4.51. The van der Waals surface area contributed by atoms with E-state index in [1.807, 2.05) is 39.1 Å². The van der Waals surface area contributed by atoms with E-state index in [4.69, 9.17) is 14.7 Å². The van der Waals surface area contributed by atoms with Crippen molar-refractivity contribution in [2.75, 3.05) is 18.2 Å². The van der Waals surface area contributed by atoms with Crippen molar-refractivity contribution >= 4 is 32.6 Å². The zero-order chi connectivity index (χ0) is 26.6. The van der Waals surface area contributed by atoms with Gasteiger partial charge in [0.25, 0.3) is 0 Å². The Balaban J connectivity index is 1.38. The van der Waals surface area contributed by atoms with E-state index in [1.165, 1.54) is 17.5 Å². The molecular formula is C28H30N6O3S. The highest BCUT2D eigenvalue weighted by atomic mass is 32.2. The lowest BCUT2D eigenvalue weighted by molar-refractivity contribution is 0.0850. The minimum atomic E-state index is -3.54. The Bertz CT molecular complexity index is 1670. The fourth-order valence-corrected chi connectivity index (χ4v) is 5.95. The lowest BCUT2D eigenvalue weighted by Crippen LogP contribution is -2.14. The molecule has 0 fully saturated rings. The number of ether oxygens (including phenoxy) is 1. The topological polar surface area (TPSA) is 103 Å². The van der Waals surface area contributed by atoms with Gasteiger partial charge in [-0.15, -0.1) is 0 Å². The molecule has 196 valence electrons. The molecule has 0 atom stereocenters. The Morgan fingerprint density at radius 2 is 1.95 bits per heavy atom. The molecule has 0 unspecified atom stereocenters. The molecule has 0 spiro atoms. The van der Waals surface area contributed by atoms with Gasteiger partial charge in [0.1, 0.15) is 5.69 Å². The number of nitrogens with one attached hydrogen (secondary N) is 1. The monoisotopic (exact) mass is 530 g/mol. The number of fused-ring (bicyclic) bond motifs is 2. The van der Waals surface area contributed by atoms with Crippen molar-refractivity contribution in [2.45, 2.75) is 44.7 Å². The largest absolute Gasteiger partial charge is 0.373 e. The molecule has 3 aromatic heterocycles. The third-order valence-electron chi connectivity index (χ3n) is 7.06. The van der Waals surface area contributed by atoms with E-state index in [0.29, 0.717) is 25.1 Å². The third-order valence-corrected chi connectivity index (χ3v) is 8.19. The normalized spacial score (nSPS) is 14.8. The van der Waals surface area contributed by atoms with Crippen molar-refractivity contribution in [3.63, 3.8) is 0 Å². The van der Waals surface area contributed by atoms with Crippen LogP contribution >= 0.6 is 0 Å². The van der Waals surface area contributed by atoms with Gasteiger partial charge in [-0.05, 0) is 49.7 Å². The summed E-state index contributed by atoms with van der Waals surface area (Å²) < 4.78 is 35.3. The number of nitrogens with zero attached hydrogens (tertiary/aromatic N) is 5. The zero-order valence-corrected chi connectivity index (χ0v) is 22.8. The van der Waals surface area contributed by atoms with Crippen LogP contribution in [0.15, 0.2) is 52.5 Å². The van der Waals surface area contributed by atoms with Crippen LogP contribution in [0.1, 0.15) is 35.3 Å². The van der Waals surface area contributed by atoms with Gasteiger partial charge in [-0.3, -0.25) is 14.7 Å². The van der Waals surface area contributed by atoms with Crippen LogP contribution in [0.3, 0.4) is 0 Å². The van der Waals surface area contributed by atoms with Crippen molar-refractivity contribution in [3.8, 4) is 11.3 Å². The van der Waals surface area contributed by atoms with E-state index >= 15 is 0 Å². The fourth-order valence-electron chi connectivity index (χ4n) is 5.09. The Labute approximate surface area is 222 Å². The second kappa shape index (κ2) is 9.21. The second-order valence-corrected chi connectivity index (χ2v) is 12.1. The molecule has 0 amide bonds. The number of hydrogen-bond acceptors (Lipinski definition) is 7. The summed E-state index contributed by atoms with van der Waals surface area (Å²) in [6.07, 6.45) is 4.73. The van der Waals surface area contributed by atoms with Gasteiger partial charge in [0, 0.05) is 67.2 Å². The molecule has 2 aliphatic heterocycles. The molecule has 38 heavy (non-hydrogen) atoms. The summed E-state index contributed by atoms with van der Waals surface area (Å²) in [5, 5.41) is 7.91. The number of hydrogen-bond donors (Lipinski definition) is 1. The first-order valence-electron chi connectivity index (χ1n) is 12.6. The van der Waals surface area contributed by atoms with Crippen molar-refractivity contribution in [3.05, 3.63) is 70.9 Å². The van der Waals surface area contributed by atoms with Gasteiger partial charge >= 0.3 is 0 Å². The minimum Gasteiger partial charge on any atom is -0.373 e. The van der Waals surface area contributed by atoms with E-state index in [-0.39, 0.29) is 4.90 Å². The van der Waals surface area contributed by atoms with E-state index < -0.39 is 9.84 Å². The highest BCUT2D eigenvalue weighted by Crippen LogP contribution is 2.38. The molecule has 0 saturated heterocycles. The lowest BCUT2D eigenvalue weighted by Gasteiger charge is -2.15. The van der Waals surface area contributed by atoms with Gasteiger partial charge in [0.05, 0.1) is 40.9 Å². The first-order valence-corrected chi connectivity index (χ1v) is 14.5. The number of sulfone groups is 1. The van der Waals surface area contributed by atoms with Crippen LogP contribution in [0.5, 0.6) is 0 Å². The highest BCUT2D eigenvalue weighted by molar-refractivity contribution is 7.90. The molecule has 0 radical (unpaired) electrons. The summed E-state index contributed by atoms with van der Waals surface area (Å²) >= 11 is 0. The fraction of sp³-hybridized carbons (Fsp3) is 0.321. The SMILES string of the molecule is CC1=Nc2c(Nc3ccc(-c4cc(C)n(C)n4)cc3S(C)(=O)=O)cc(Cc3cc4n(c3)CCOC4)nc2C1. The molecule has 4 aromatic rings. The summed E-state index contributed by atoms with van der Waals surface area (Å²) in [4.78, 5) is 9.86. The number of aromatic nitrogens is 4. The number of benzene rings is 1. The van der Waals surface area contributed by atoms with E-state index in [0.717, 1.165) is 58.6 Å². The second-order valence-electron chi connectivity index (χ2n) is 10.1. The van der Waals surface area contributed by atoms with Gasteiger partial charge in [0.2, 0.25) is 0 Å². The average Bonchev–Trinajstić information content (AvgIpc) is 3.54. The summed E-state index contributed by atoms with van der Waals surface area (Å²) in [7, 11) is -1.67. The number of aryl methyl sites for hydroxylation is 2. The summed E-state index contributed by atoms with van der Waals surface area (Å²) in [6, 6.07) is 11.5. The lowest BCUT2D eigenvalue weighted by atomic mass is 10.1. The Morgan fingerprint density at radius 1 is 1.11 bits per heavy atom. The summed E-state index contributed by atoms with van der Waals surface area (Å²) in [6.45, 7) is 6.16. The summed E-state index contributed by atoms with van der Waals surface area (Å²) in [5.41, 5.74) is 9.61.